The van der Waals surface area contributed by atoms with Crippen LogP contribution in [0.1, 0.15) is 31.4 Å². The van der Waals surface area contributed by atoms with E-state index in [2.05, 4.69) is 0 Å². The summed E-state index contributed by atoms with van der Waals surface area (Å²) in [7, 11) is 0. The summed E-state index contributed by atoms with van der Waals surface area (Å²) in [4.78, 5) is 0. The molecule has 0 bridgehead atoms. The van der Waals surface area contributed by atoms with Crippen molar-refractivity contribution < 1.29 is 27.0 Å². The molecular weight excluding hydrogens is 348 g/mol. The molecule has 2 rings (SSSR count). The SMILES string of the molecule is CCOc1ccc(OCc2ccc(CCC=C(C)F)c(F)c2)c(F)c1F. The van der Waals surface area contributed by atoms with Crippen molar-refractivity contribution in [2.45, 2.75) is 33.3 Å². The number of halogens is 4. The first kappa shape index (κ1) is 19.8. The Kier molecular flexibility index (Phi) is 7.06. The molecule has 0 radical (unpaired) electrons. The zero-order valence-corrected chi connectivity index (χ0v) is 14.6. The van der Waals surface area contributed by atoms with Gasteiger partial charge in [0.1, 0.15) is 12.4 Å². The van der Waals surface area contributed by atoms with Gasteiger partial charge in [-0.15, -0.1) is 0 Å². The van der Waals surface area contributed by atoms with Crippen LogP contribution in [-0.4, -0.2) is 6.61 Å². The van der Waals surface area contributed by atoms with Crippen LogP contribution in [0.3, 0.4) is 0 Å². The van der Waals surface area contributed by atoms with Gasteiger partial charge in [-0.1, -0.05) is 18.2 Å². The second-order valence-corrected chi connectivity index (χ2v) is 5.67. The molecule has 0 aliphatic rings. The minimum absolute atomic E-state index is 0.120. The molecule has 0 saturated heterocycles. The molecule has 26 heavy (non-hydrogen) atoms. The summed E-state index contributed by atoms with van der Waals surface area (Å²) in [6.45, 7) is 3.09. The first-order valence-corrected chi connectivity index (χ1v) is 8.25. The molecule has 0 unspecified atom stereocenters. The van der Waals surface area contributed by atoms with Crippen LogP contribution in [0.25, 0.3) is 0 Å². The quantitative estimate of drug-likeness (QED) is 0.541. The van der Waals surface area contributed by atoms with Crippen molar-refractivity contribution in [1.82, 2.24) is 0 Å². The molecule has 0 amide bonds. The van der Waals surface area contributed by atoms with Gasteiger partial charge in [-0.05, 0) is 56.0 Å². The minimum Gasteiger partial charge on any atom is -0.491 e. The average Bonchev–Trinajstić information content (AvgIpc) is 2.60. The topological polar surface area (TPSA) is 18.5 Å². The van der Waals surface area contributed by atoms with Gasteiger partial charge in [-0.3, -0.25) is 0 Å². The highest BCUT2D eigenvalue weighted by atomic mass is 19.2. The van der Waals surface area contributed by atoms with E-state index in [1.807, 2.05) is 0 Å². The zero-order valence-electron chi connectivity index (χ0n) is 14.6. The van der Waals surface area contributed by atoms with Gasteiger partial charge < -0.3 is 9.47 Å². The van der Waals surface area contributed by atoms with Gasteiger partial charge in [-0.25, -0.2) is 8.78 Å². The Labute approximate surface area is 150 Å². The summed E-state index contributed by atoms with van der Waals surface area (Å²) in [5, 5.41) is 0. The number of ether oxygens (including phenoxy) is 2. The molecule has 2 aromatic rings. The molecule has 2 nitrogen and oxygen atoms in total. The van der Waals surface area contributed by atoms with E-state index >= 15 is 0 Å². The van der Waals surface area contributed by atoms with Crippen molar-refractivity contribution in [3.05, 3.63) is 70.8 Å². The molecule has 0 atom stereocenters. The molecule has 0 heterocycles. The lowest BCUT2D eigenvalue weighted by Crippen LogP contribution is -2.02. The maximum absolute atomic E-state index is 14.1. The summed E-state index contributed by atoms with van der Waals surface area (Å²) in [6.07, 6.45) is 2.15. The van der Waals surface area contributed by atoms with Gasteiger partial charge in [0, 0.05) is 0 Å². The minimum atomic E-state index is -1.15. The molecule has 0 N–H and O–H groups in total. The van der Waals surface area contributed by atoms with E-state index in [-0.39, 0.29) is 30.5 Å². The van der Waals surface area contributed by atoms with Crippen LogP contribution in [-0.2, 0) is 13.0 Å². The molecule has 6 heteroatoms. The third kappa shape index (κ3) is 5.25. The second kappa shape index (κ2) is 9.27. The third-order valence-electron chi connectivity index (χ3n) is 3.66. The fraction of sp³-hybridized carbons (Fsp3) is 0.300. The molecular formula is C20H20F4O2. The van der Waals surface area contributed by atoms with Crippen molar-refractivity contribution in [2.24, 2.45) is 0 Å². The first-order chi connectivity index (χ1) is 12.4. The zero-order chi connectivity index (χ0) is 19.1. The Bertz CT molecular complexity index is 784. The molecule has 0 aromatic heterocycles. The fourth-order valence-electron chi connectivity index (χ4n) is 2.36. The third-order valence-corrected chi connectivity index (χ3v) is 3.66. The maximum atomic E-state index is 14.1. The average molecular weight is 368 g/mol. The van der Waals surface area contributed by atoms with Crippen molar-refractivity contribution >= 4 is 0 Å². The standard InChI is InChI=1S/C20H20F4O2/c1-3-25-17-9-10-18(20(24)19(17)23)26-12-14-7-8-15(16(22)11-14)6-4-5-13(2)21/h5,7-11H,3-4,6,12H2,1-2H3. The first-order valence-electron chi connectivity index (χ1n) is 8.25. The van der Waals surface area contributed by atoms with Crippen LogP contribution in [0.2, 0.25) is 0 Å². The molecule has 0 spiro atoms. The van der Waals surface area contributed by atoms with Crippen LogP contribution in [0.5, 0.6) is 11.5 Å². The van der Waals surface area contributed by atoms with E-state index < -0.39 is 17.5 Å². The predicted molar refractivity (Wildman–Crippen MR) is 91.4 cm³/mol. The second-order valence-electron chi connectivity index (χ2n) is 5.67. The van der Waals surface area contributed by atoms with E-state index in [1.165, 1.54) is 31.2 Å². The van der Waals surface area contributed by atoms with Crippen molar-refractivity contribution in [3.63, 3.8) is 0 Å². The molecule has 0 saturated carbocycles. The number of allylic oxidation sites excluding steroid dienone is 2. The predicted octanol–water partition coefficient (Wildman–Crippen LogP) is 5.89. The lowest BCUT2D eigenvalue weighted by Gasteiger charge is -2.11. The Morgan fingerprint density at radius 3 is 2.23 bits per heavy atom. The Morgan fingerprint density at radius 1 is 1.00 bits per heavy atom. The monoisotopic (exact) mass is 368 g/mol. The van der Waals surface area contributed by atoms with Crippen LogP contribution < -0.4 is 9.47 Å². The largest absolute Gasteiger partial charge is 0.491 e. The van der Waals surface area contributed by atoms with Crippen molar-refractivity contribution in [1.29, 1.82) is 0 Å². The van der Waals surface area contributed by atoms with Gasteiger partial charge in [0.05, 0.1) is 12.4 Å². The fourth-order valence-corrected chi connectivity index (χ4v) is 2.36. The van der Waals surface area contributed by atoms with Crippen molar-refractivity contribution in [3.8, 4) is 11.5 Å². The molecule has 140 valence electrons. The Balaban J connectivity index is 2.02. The summed E-state index contributed by atoms with van der Waals surface area (Å²) in [5.41, 5.74) is 0.918. The number of hydrogen-bond donors (Lipinski definition) is 0. The summed E-state index contributed by atoms with van der Waals surface area (Å²) < 4.78 is 64.7. The van der Waals surface area contributed by atoms with E-state index in [0.29, 0.717) is 24.0 Å². The van der Waals surface area contributed by atoms with E-state index in [9.17, 15) is 17.6 Å². The van der Waals surface area contributed by atoms with E-state index in [4.69, 9.17) is 9.47 Å². The van der Waals surface area contributed by atoms with E-state index in [0.717, 1.165) is 0 Å². The molecule has 0 aliphatic heterocycles. The molecule has 2 aromatic carbocycles. The highest BCUT2D eigenvalue weighted by Crippen LogP contribution is 2.28. The summed E-state index contributed by atoms with van der Waals surface area (Å²) >= 11 is 0. The van der Waals surface area contributed by atoms with Gasteiger partial charge >= 0.3 is 0 Å². The van der Waals surface area contributed by atoms with Crippen LogP contribution in [0, 0.1) is 17.5 Å². The highest BCUT2D eigenvalue weighted by molar-refractivity contribution is 5.35. The summed E-state index contributed by atoms with van der Waals surface area (Å²) in [5.74, 6) is -3.50. The number of aryl methyl sites for hydroxylation is 1. The van der Waals surface area contributed by atoms with Crippen LogP contribution in [0.4, 0.5) is 17.6 Å². The van der Waals surface area contributed by atoms with Gasteiger partial charge in [0.25, 0.3) is 0 Å². The van der Waals surface area contributed by atoms with E-state index in [1.54, 1.807) is 19.1 Å². The number of hydrogen-bond acceptors (Lipinski definition) is 2. The van der Waals surface area contributed by atoms with Gasteiger partial charge in [-0.2, -0.15) is 8.78 Å². The van der Waals surface area contributed by atoms with Gasteiger partial charge in [0.15, 0.2) is 11.5 Å². The number of benzene rings is 2. The lowest BCUT2D eigenvalue weighted by molar-refractivity contribution is 0.274. The Morgan fingerprint density at radius 2 is 1.65 bits per heavy atom. The smallest absolute Gasteiger partial charge is 0.204 e. The Hall–Kier alpha value is -2.50. The normalized spacial score (nSPS) is 11.5. The molecule has 0 fully saturated rings. The van der Waals surface area contributed by atoms with Crippen LogP contribution >= 0.6 is 0 Å². The number of rotatable bonds is 8. The summed E-state index contributed by atoms with van der Waals surface area (Å²) in [6, 6.07) is 7.02. The van der Waals surface area contributed by atoms with Crippen LogP contribution in [0.15, 0.2) is 42.2 Å². The lowest BCUT2D eigenvalue weighted by atomic mass is 10.1. The maximum Gasteiger partial charge on any atom is 0.204 e. The van der Waals surface area contributed by atoms with Gasteiger partial charge in [0.2, 0.25) is 11.6 Å². The highest BCUT2D eigenvalue weighted by Gasteiger charge is 2.15. The molecule has 0 aliphatic carbocycles. The van der Waals surface area contributed by atoms with Crippen molar-refractivity contribution in [2.75, 3.05) is 6.61 Å².